The molecule has 0 unspecified atom stereocenters. The number of carbonyl (C=O) groups excluding carboxylic acids is 1. The number of amides is 1. The summed E-state index contributed by atoms with van der Waals surface area (Å²) in [4.78, 5) is 17.5. The molecule has 2 aromatic carbocycles. The molecule has 1 amide bonds. The molecular weight excluding hydrogens is 369 g/mol. The van der Waals surface area contributed by atoms with Gasteiger partial charge in [0.1, 0.15) is 5.69 Å². The van der Waals surface area contributed by atoms with Crippen molar-refractivity contribution in [3.63, 3.8) is 0 Å². The summed E-state index contributed by atoms with van der Waals surface area (Å²) in [6, 6.07) is 14.1. The molecule has 2 N–H and O–H groups in total. The van der Waals surface area contributed by atoms with Gasteiger partial charge < -0.3 is 15.0 Å². The smallest absolute Gasteiger partial charge is 0.385 e. The Morgan fingerprint density at radius 1 is 1.04 bits per heavy atom. The van der Waals surface area contributed by atoms with Crippen molar-refractivity contribution in [1.82, 2.24) is 9.88 Å². The quantitative estimate of drug-likeness (QED) is 0.687. The van der Waals surface area contributed by atoms with Gasteiger partial charge in [-0.15, -0.1) is 0 Å². The molecule has 1 aliphatic rings. The Bertz CT molecular complexity index is 985. The van der Waals surface area contributed by atoms with Crippen LogP contribution in [0, 0.1) is 0 Å². The van der Waals surface area contributed by atoms with Gasteiger partial charge >= 0.3 is 6.18 Å². The Labute approximate surface area is 159 Å². The number of aliphatic hydroxyl groups is 1. The number of carbonyl (C=O) groups is 1. The number of likely N-dealkylation sites (tertiary alicyclic amines) is 1. The van der Waals surface area contributed by atoms with E-state index in [1.165, 1.54) is 12.1 Å². The number of halogens is 3. The van der Waals surface area contributed by atoms with Crippen LogP contribution in [-0.2, 0) is 11.8 Å². The minimum absolute atomic E-state index is 0.178. The van der Waals surface area contributed by atoms with Crippen LogP contribution in [0.2, 0.25) is 0 Å². The minimum atomic E-state index is -4.46. The van der Waals surface area contributed by atoms with E-state index in [2.05, 4.69) is 4.98 Å². The lowest BCUT2D eigenvalue weighted by atomic mass is 9.83. The van der Waals surface area contributed by atoms with Crippen molar-refractivity contribution in [2.45, 2.75) is 24.6 Å². The molecule has 0 aliphatic carbocycles. The maximum atomic E-state index is 13.0. The molecular formula is C21H19F3N2O2. The summed E-state index contributed by atoms with van der Waals surface area (Å²) in [6.07, 6.45) is -4.10. The number of piperidine rings is 1. The zero-order valence-corrected chi connectivity index (χ0v) is 15.0. The highest BCUT2D eigenvalue weighted by atomic mass is 19.4. The number of nitrogens with one attached hydrogen (secondary N) is 1. The highest BCUT2D eigenvalue weighted by molar-refractivity contribution is 5.98. The molecule has 0 spiro atoms. The van der Waals surface area contributed by atoms with Gasteiger partial charge in [-0.3, -0.25) is 4.79 Å². The second kappa shape index (κ2) is 6.67. The summed E-state index contributed by atoms with van der Waals surface area (Å²) in [5, 5.41) is 11.8. The van der Waals surface area contributed by atoms with E-state index in [1.54, 1.807) is 11.0 Å². The number of aromatic amines is 1. The summed E-state index contributed by atoms with van der Waals surface area (Å²) in [5.41, 5.74) is -0.595. The maximum Gasteiger partial charge on any atom is 0.416 e. The largest absolute Gasteiger partial charge is 0.416 e. The normalized spacial score (nSPS) is 17.1. The zero-order valence-electron chi connectivity index (χ0n) is 15.0. The first-order valence-corrected chi connectivity index (χ1v) is 9.03. The number of fused-ring (bicyclic) bond motifs is 1. The maximum absolute atomic E-state index is 13.0. The number of benzene rings is 2. The zero-order chi connectivity index (χ0) is 19.9. The SMILES string of the molecule is O=C(c1cc2ccccc2[nH]1)N1CCC(O)(c2cccc(C(F)(F)F)c2)CC1. The van der Waals surface area contributed by atoms with Crippen molar-refractivity contribution in [2.24, 2.45) is 0 Å². The Balaban J connectivity index is 1.50. The first-order chi connectivity index (χ1) is 13.3. The molecule has 0 atom stereocenters. The van der Waals surface area contributed by atoms with Crippen LogP contribution in [0.15, 0.2) is 54.6 Å². The molecule has 1 aliphatic heterocycles. The first kappa shape index (κ1) is 18.6. The number of alkyl halides is 3. The van der Waals surface area contributed by atoms with Crippen molar-refractivity contribution in [3.8, 4) is 0 Å². The number of rotatable bonds is 2. The molecule has 2 heterocycles. The van der Waals surface area contributed by atoms with Crippen LogP contribution in [-0.4, -0.2) is 34.0 Å². The third-order valence-electron chi connectivity index (χ3n) is 5.37. The number of H-pyrrole nitrogens is 1. The molecule has 4 nitrogen and oxygen atoms in total. The van der Waals surface area contributed by atoms with Gasteiger partial charge in [0.05, 0.1) is 11.2 Å². The lowest BCUT2D eigenvalue weighted by Crippen LogP contribution is -2.45. The van der Waals surface area contributed by atoms with Crippen molar-refractivity contribution in [2.75, 3.05) is 13.1 Å². The fourth-order valence-electron chi connectivity index (χ4n) is 3.71. The lowest BCUT2D eigenvalue weighted by molar-refractivity contribution is -0.137. The van der Waals surface area contributed by atoms with E-state index >= 15 is 0 Å². The average molecular weight is 388 g/mol. The van der Waals surface area contributed by atoms with E-state index in [1.807, 2.05) is 24.3 Å². The van der Waals surface area contributed by atoms with Gasteiger partial charge in [0.2, 0.25) is 0 Å². The Hall–Kier alpha value is -2.80. The molecule has 1 saturated heterocycles. The molecule has 4 rings (SSSR count). The number of nitrogens with zero attached hydrogens (tertiary/aromatic N) is 1. The van der Waals surface area contributed by atoms with Crippen LogP contribution < -0.4 is 0 Å². The molecule has 28 heavy (non-hydrogen) atoms. The summed E-state index contributed by atoms with van der Waals surface area (Å²) in [5.74, 6) is -0.178. The first-order valence-electron chi connectivity index (χ1n) is 9.03. The highest BCUT2D eigenvalue weighted by Crippen LogP contribution is 2.37. The molecule has 0 saturated carbocycles. The van der Waals surface area contributed by atoms with Gasteiger partial charge in [-0.05, 0) is 42.7 Å². The van der Waals surface area contributed by atoms with Gasteiger partial charge in [-0.25, -0.2) is 0 Å². The van der Waals surface area contributed by atoms with E-state index in [0.29, 0.717) is 5.69 Å². The van der Waals surface area contributed by atoms with E-state index < -0.39 is 17.3 Å². The number of para-hydroxylation sites is 1. The van der Waals surface area contributed by atoms with Crippen LogP contribution in [0.4, 0.5) is 13.2 Å². The molecule has 7 heteroatoms. The summed E-state index contributed by atoms with van der Waals surface area (Å²) in [7, 11) is 0. The second-order valence-electron chi connectivity index (χ2n) is 7.17. The monoisotopic (exact) mass is 388 g/mol. The molecule has 3 aromatic rings. The number of hydrogen-bond acceptors (Lipinski definition) is 2. The molecule has 1 aromatic heterocycles. The summed E-state index contributed by atoms with van der Waals surface area (Å²) < 4.78 is 38.9. The summed E-state index contributed by atoms with van der Waals surface area (Å²) in [6.45, 7) is 0.530. The van der Waals surface area contributed by atoms with Gasteiger partial charge in [-0.2, -0.15) is 13.2 Å². The predicted molar refractivity (Wildman–Crippen MR) is 98.8 cm³/mol. The van der Waals surface area contributed by atoms with Gasteiger partial charge in [0.25, 0.3) is 5.91 Å². The van der Waals surface area contributed by atoms with Crippen molar-refractivity contribution in [3.05, 3.63) is 71.4 Å². The minimum Gasteiger partial charge on any atom is -0.385 e. The highest BCUT2D eigenvalue weighted by Gasteiger charge is 2.38. The molecule has 0 radical (unpaired) electrons. The fraction of sp³-hybridized carbons (Fsp3) is 0.286. The van der Waals surface area contributed by atoms with Crippen LogP contribution in [0.1, 0.15) is 34.5 Å². The van der Waals surface area contributed by atoms with E-state index in [0.717, 1.165) is 23.0 Å². The van der Waals surface area contributed by atoms with Gasteiger partial charge in [0, 0.05) is 24.0 Å². The molecule has 1 fully saturated rings. The standard InChI is InChI=1S/C21H19F3N2O2/c22-21(23,24)16-6-3-5-15(13-16)20(28)8-10-26(11-9-20)19(27)18-12-14-4-1-2-7-17(14)25-18/h1-7,12-13,25,28H,8-11H2. The Morgan fingerprint density at radius 3 is 2.43 bits per heavy atom. The van der Waals surface area contributed by atoms with Crippen molar-refractivity contribution < 1.29 is 23.1 Å². The van der Waals surface area contributed by atoms with E-state index in [-0.39, 0.29) is 37.4 Å². The topological polar surface area (TPSA) is 56.3 Å². The number of hydrogen-bond donors (Lipinski definition) is 2. The lowest BCUT2D eigenvalue weighted by Gasteiger charge is -2.38. The predicted octanol–water partition coefficient (Wildman–Crippen LogP) is 4.31. The van der Waals surface area contributed by atoms with Gasteiger partial charge in [0.15, 0.2) is 0 Å². The van der Waals surface area contributed by atoms with Crippen LogP contribution >= 0.6 is 0 Å². The Morgan fingerprint density at radius 2 is 1.75 bits per heavy atom. The third-order valence-corrected chi connectivity index (χ3v) is 5.37. The number of aromatic nitrogens is 1. The van der Waals surface area contributed by atoms with Crippen LogP contribution in [0.25, 0.3) is 10.9 Å². The van der Waals surface area contributed by atoms with Crippen LogP contribution in [0.3, 0.4) is 0 Å². The van der Waals surface area contributed by atoms with Gasteiger partial charge in [-0.1, -0.05) is 30.3 Å². The van der Waals surface area contributed by atoms with E-state index in [4.69, 9.17) is 0 Å². The van der Waals surface area contributed by atoms with Crippen LogP contribution in [0.5, 0.6) is 0 Å². The average Bonchev–Trinajstić information content (AvgIpc) is 3.12. The van der Waals surface area contributed by atoms with Crippen molar-refractivity contribution in [1.29, 1.82) is 0 Å². The molecule has 0 bridgehead atoms. The Kier molecular flexibility index (Phi) is 4.42. The fourth-order valence-corrected chi connectivity index (χ4v) is 3.71. The second-order valence-corrected chi connectivity index (χ2v) is 7.17. The summed E-state index contributed by atoms with van der Waals surface area (Å²) >= 11 is 0. The third kappa shape index (κ3) is 3.38. The van der Waals surface area contributed by atoms with E-state index in [9.17, 15) is 23.1 Å². The van der Waals surface area contributed by atoms with Crippen molar-refractivity contribution >= 4 is 16.8 Å². The molecule has 146 valence electrons.